The predicted octanol–water partition coefficient (Wildman–Crippen LogP) is 4.80. The van der Waals surface area contributed by atoms with Crippen LogP contribution in [0.4, 0.5) is 0 Å². The van der Waals surface area contributed by atoms with Crippen LogP contribution in [-0.2, 0) is 0 Å². The van der Waals surface area contributed by atoms with Gasteiger partial charge in [0.05, 0.1) is 19.0 Å². The molecule has 0 amide bonds. The van der Waals surface area contributed by atoms with Gasteiger partial charge in [0.25, 0.3) is 0 Å². The molecule has 2 rings (SSSR count). The van der Waals surface area contributed by atoms with Gasteiger partial charge in [-0.2, -0.15) is 0 Å². The maximum Gasteiger partial charge on any atom is 0.161 e. The number of alkyl halides is 1. The summed E-state index contributed by atoms with van der Waals surface area (Å²) in [5.74, 6) is 1.50. The van der Waals surface area contributed by atoms with Gasteiger partial charge in [0.2, 0.25) is 0 Å². The van der Waals surface area contributed by atoms with Crippen LogP contribution in [0.5, 0.6) is 11.5 Å². The SMILES string of the molecule is COc1ccc(C(Br)c2cc(C)ccc2C)cc1OC. The van der Waals surface area contributed by atoms with Gasteiger partial charge in [0.15, 0.2) is 11.5 Å². The van der Waals surface area contributed by atoms with Gasteiger partial charge >= 0.3 is 0 Å². The Balaban J connectivity index is 2.42. The molecule has 0 heterocycles. The average Bonchev–Trinajstić information content (AvgIpc) is 2.48. The van der Waals surface area contributed by atoms with Crippen LogP contribution >= 0.6 is 15.9 Å². The van der Waals surface area contributed by atoms with Crippen LogP contribution in [0.3, 0.4) is 0 Å². The second-order valence-electron chi connectivity index (χ2n) is 4.84. The summed E-state index contributed by atoms with van der Waals surface area (Å²) in [5, 5.41) is 0. The summed E-state index contributed by atoms with van der Waals surface area (Å²) in [6.07, 6.45) is 0. The highest BCUT2D eigenvalue weighted by atomic mass is 79.9. The Bertz CT molecular complexity index is 608. The van der Waals surface area contributed by atoms with E-state index in [1.54, 1.807) is 14.2 Å². The Labute approximate surface area is 128 Å². The zero-order chi connectivity index (χ0) is 14.7. The molecular weight excluding hydrogens is 316 g/mol. The lowest BCUT2D eigenvalue weighted by molar-refractivity contribution is 0.354. The van der Waals surface area contributed by atoms with E-state index in [0.29, 0.717) is 0 Å². The van der Waals surface area contributed by atoms with Crippen molar-refractivity contribution in [3.63, 3.8) is 0 Å². The Kier molecular flexibility index (Phi) is 4.71. The summed E-state index contributed by atoms with van der Waals surface area (Å²) >= 11 is 3.79. The summed E-state index contributed by atoms with van der Waals surface area (Å²) in [6, 6.07) is 12.5. The maximum absolute atomic E-state index is 5.37. The lowest BCUT2D eigenvalue weighted by Crippen LogP contribution is -1.98. The smallest absolute Gasteiger partial charge is 0.161 e. The number of methoxy groups -OCH3 is 2. The van der Waals surface area contributed by atoms with E-state index in [9.17, 15) is 0 Å². The van der Waals surface area contributed by atoms with Gasteiger partial charge in [0, 0.05) is 0 Å². The first-order chi connectivity index (χ1) is 9.56. The van der Waals surface area contributed by atoms with Crippen LogP contribution < -0.4 is 9.47 Å². The summed E-state index contributed by atoms with van der Waals surface area (Å²) in [5.41, 5.74) is 4.95. The van der Waals surface area contributed by atoms with E-state index in [1.165, 1.54) is 16.7 Å². The highest BCUT2D eigenvalue weighted by molar-refractivity contribution is 9.09. The van der Waals surface area contributed by atoms with Crippen molar-refractivity contribution in [1.29, 1.82) is 0 Å². The van der Waals surface area contributed by atoms with Crippen molar-refractivity contribution in [3.05, 3.63) is 58.7 Å². The number of aryl methyl sites for hydroxylation is 2. The first-order valence-electron chi connectivity index (χ1n) is 6.50. The van der Waals surface area contributed by atoms with Crippen LogP contribution in [-0.4, -0.2) is 14.2 Å². The molecule has 0 fully saturated rings. The second kappa shape index (κ2) is 6.31. The van der Waals surface area contributed by atoms with Crippen molar-refractivity contribution < 1.29 is 9.47 Å². The fourth-order valence-corrected chi connectivity index (χ4v) is 3.00. The van der Waals surface area contributed by atoms with E-state index in [4.69, 9.17) is 9.47 Å². The largest absolute Gasteiger partial charge is 0.493 e. The van der Waals surface area contributed by atoms with Crippen LogP contribution in [0.2, 0.25) is 0 Å². The molecule has 1 atom stereocenters. The van der Waals surface area contributed by atoms with Crippen molar-refractivity contribution in [1.82, 2.24) is 0 Å². The third kappa shape index (κ3) is 2.98. The van der Waals surface area contributed by atoms with Crippen LogP contribution in [0, 0.1) is 13.8 Å². The minimum absolute atomic E-state index is 0.141. The lowest BCUT2D eigenvalue weighted by atomic mass is 9.98. The summed E-state index contributed by atoms with van der Waals surface area (Å²) in [4.78, 5) is 0.141. The molecule has 0 bridgehead atoms. The zero-order valence-corrected chi connectivity index (χ0v) is 13.8. The number of hydrogen-bond acceptors (Lipinski definition) is 2. The maximum atomic E-state index is 5.37. The van der Waals surface area contributed by atoms with E-state index in [1.807, 2.05) is 12.1 Å². The normalized spacial score (nSPS) is 12.1. The topological polar surface area (TPSA) is 18.5 Å². The molecule has 3 heteroatoms. The molecule has 0 aliphatic rings. The molecule has 0 aromatic heterocycles. The Morgan fingerprint density at radius 1 is 0.900 bits per heavy atom. The van der Waals surface area contributed by atoms with Crippen molar-refractivity contribution in [2.45, 2.75) is 18.7 Å². The highest BCUT2D eigenvalue weighted by Crippen LogP contribution is 2.37. The first-order valence-corrected chi connectivity index (χ1v) is 7.41. The molecule has 1 unspecified atom stereocenters. The minimum atomic E-state index is 0.141. The third-order valence-electron chi connectivity index (χ3n) is 3.41. The average molecular weight is 335 g/mol. The molecule has 0 aliphatic heterocycles. The zero-order valence-electron chi connectivity index (χ0n) is 12.2. The fourth-order valence-electron chi connectivity index (χ4n) is 2.22. The quantitative estimate of drug-likeness (QED) is 0.747. The van der Waals surface area contributed by atoms with Crippen molar-refractivity contribution in [3.8, 4) is 11.5 Å². The van der Waals surface area contributed by atoms with Gasteiger partial charge in [-0.1, -0.05) is 45.8 Å². The Morgan fingerprint density at radius 2 is 1.60 bits per heavy atom. The van der Waals surface area contributed by atoms with Crippen LogP contribution in [0.15, 0.2) is 36.4 Å². The predicted molar refractivity (Wildman–Crippen MR) is 86.2 cm³/mol. The molecule has 0 spiro atoms. The van der Waals surface area contributed by atoms with Crippen molar-refractivity contribution >= 4 is 15.9 Å². The standard InChI is InChI=1S/C17H19BrO2/c1-11-5-6-12(2)14(9-11)17(18)13-7-8-15(19-3)16(10-13)20-4/h5-10,17H,1-4H3. The molecule has 0 saturated carbocycles. The van der Waals surface area contributed by atoms with Gasteiger partial charge in [-0.05, 0) is 42.7 Å². The van der Waals surface area contributed by atoms with E-state index >= 15 is 0 Å². The second-order valence-corrected chi connectivity index (χ2v) is 5.75. The lowest BCUT2D eigenvalue weighted by Gasteiger charge is -2.16. The molecule has 2 aromatic rings. The summed E-state index contributed by atoms with van der Waals surface area (Å²) in [6.45, 7) is 4.24. The van der Waals surface area contributed by atoms with Gasteiger partial charge in [-0.3, -0.25) is 0 Å². The molecule has 0 N–H and O–H groups in total. The Morgan fingerprint density at radius 3 is 2.25 bits per heavy atom. The Hall–Kier alpha value is -1.48. The minimum Gasteiger partial charge on any atom is -0.493 e. The summed E-state index contributed by atoms with van der Waals surface area (Å²) < 4.78 is 10.7. The van der Waals surface area contributed by atoms with Gasteiger partial charge < -0.3 is 9.47 Å². The van der Waals surface area contributed by atoms with E-state index in [0.717, 1.165) is 17.1 Å². The van der Waals surface area contributed by atoms with E-state index < -0.39 is 0 Å². The van der Waals surface area contributed by atoms with E-state index in [-0.39, 0.29) is 4.83 Å². The third-order valence-corrected chi connectivity index (χ3v) is 4.43. The molecule has 0 radical (unpaired) electrons. The van der Waals surface area contributed by atoms with Crippen LogP contribution in [0.25, 0.3) is 0 Å². The molecule has 20 heavy (non-hydrogen) atoms. The van der Waals surface area contributed by atoms with Gasteiger partial charge in [0.1, 0.15) is 0 Å². The molecule has 2 aromatic carbocycles. The number of rotatable bonds is 4. The molecule has 106 valence electrons. The number of hydrogen-bond donors (Lipinski definition) is 0. The number of benzene rings is 2. The van der Waals surface area contributed by atoms with Gasteiger partial charge in [-0.15, -0.1) is 0 Å². The first kappa shape index (κ1) is 14.9. The fraction of sp³-hybridized carbons (Fsp3) is 0.294. The van der Waals surface area contributed by atoms with Crippen molar-refractivity contribution in [2.75, 3.05) is 14.2 Å². The number of halogens is 1. The highest BCUT2D eigenvalue weighted by Gasteiger charge is 2.15. The van der Waals surface area contributed by atoms with E-state index in [2.05, 4.69) is 54.0 Å². The molecule has 0 aliphatic carbocycles. The summed E-state index contributed by atoms with van der Waals surface area (Å²) in [7, 11) is 3.30. The molecule has 2 nitrogen and oxygen atoms in total. The monoisotopic (exact) mass is 334 g/mol. The number of ether oxygens (including phenoxy) is 2. The van der Waals surface area contributed by atoms with Crippen molar-refractivity contribution in [2.24, 2.45) is 0 Å². The van der Waals surface area contributed by atoms with Crippen LogP contribution in [0.1, 0.15) is 27.1 Å². The molecule has 0 saturated heterocycles. The van der Waals surface area contributed by atoms with Gasteiger partial charge in [-0.25, -0.2) is 0 Å². The molecular formula is C17H19BrO2.